The standard InChI is InChI=1S/C11H15NS/c1-8-4-10(7-13-8)5-9-2-3-11(12)6-9/h4-5,7,11H,2-3,6,12H2,1H3/b9-5-. The summed E-state index contributed by atoms with van der Waals surface area (Å²) in [5, 5.41) is 2.21. The summed E-state index contributed by atoms with van der Waals surface area (Å²) in [4.78, 5) is 1.38. The molecule has 1 aliphatic rings. The average Bonchev–Trinajstić information content (AvgIpc) is 2.62. The number of nitrogens with two attached hydrogens (primary N) is 1. The second-order valence-electron chi connectivity index (χ2n) is 3.80. The van der Waals surface area contributed by atoms with Crippen LogP contribution in [0.2, 0.25) is 0 Å². The van der Waals surface area contributed by atoms with Gasteiger partial charge in [-0.1, -0.05) is 11.6 Å². The summed E-state index contributed by atoms with van der Waals surface area (Å²) in [6.45, 7) is 2.15. The minimum Gasteiger partial charge on any atom is -0.327 e. The molecule has 1 aromatic rings. The molecule has 1 heterocycles. The van der Waals surface area contributed by atoms with Crippen molar-refractivity contribution in [3.63, 3.8) is 0 Å². The molecule has 2 heteroatoms. The van der Waals surface area contributed by atoms with Crippen LogP contribution in [0.4, 0.5) is 0 Å². The van der Waals surface area contributed by atoms with E-state index in [2.05, 4.69) is 24.4 Å². The molecule has 1 saturated carbocycles. The minimum atomic E-state index is 0.408. The first-order valence-corrected chi connectivity index (χ1v) is 5.62. The quantitative estimate of drug-likeness (QED) is 0.729. The Balaban J connectivity index is 2.12. The first-order chi connectivity index (χ1) is 6.24. The fraction of sp³-hybridized carbons (Fsp3) is 0.455. The Hall–Kier alpha value is -0.600. The lowest BCUT2D eigenvalue weighted by atomic mass is 10.1. The molecule has 1 nitrogen and oxygen atoms in total. The van der Waals surface area contributed by atoms with Crippen LogP contribution in [0.1, 0.15) is 29.7 Å². The number of rotatable bonds is 1. The van der Waals surface area contributed by atoms with Gasteiger partial charge in [-0.05, 0) is 43.2 Å². The zero-order chi connectivity index (χ0) is 9.26. The van der Waals surface area contributed by atoms with Crippen molar-refractivity contribution in [1.82, 2.24) is 0 Å². The van der Waals surface area contributed by atoms with Gasteiger partial charge in [0.1, 0.15) is 0 Å². The summed E-state index contributed by atoms with van der Waals surface area (Å²) in [6.07, 6.45) is 5.75. The van der Waals surface area contributed by atoms with Gasteiger partial charge in [0.25, 0.3) is 0 Å². The van der Waals surface area contributed by atoms with Crippen molar-refractivity contribution in [2.45, 2.75) is 32.2 Å². The molecule has 0 radical (unpaired) electrons. The molecule has 13 heavy (non-hydrogen) atoms. The fourth-order valence-corrected chi connectivity index (χ4v) is 2.48. The van der Waals surface area contributed by atoms with Crippen LogP contribution in [0, 0.1) is 6.92 Å². The molecule has 1 aliphatic carbocycles. The van der Waals surface area contributed by atoms with Gasteiger partial charge in [-0.25, -0.2) is 0 Å². The third-order valence-electron chi connectivity index (χ3n) is 2.48. The van der Waals surface area contributed by atoms with Crippen molar-refractivity contribution in [3.05, 3.63) is 27.5 Å². The molecule has 2 N–H and O–H groups in total. The average molecular weight is 193 g/mol. The Morgan fingerprint density at radius 1 is 1.62 bits per heavy atom. The summed E-state index contributed by atoms with van der Waals surface area (Å²) in [5.41, 5.74) is 8.72. The molecule has 70 valence electrons. The normalized spacial score (nSPS) is 25.7. The van der Waals surface area contributed by atoms with Crippen molar-refractivity contribution in [3.8, 4) is 0 Å². The van der Waals surface area contributed by atoms with Crippen LogP contribution in [0.15, 0.2) is 17.0 Å². The summed E-state index contributed by atoms with van der Waals surface area (Å²) >= 11 is 1.81. The van der Waals surface area contributed by atoms with Gasteiger partial charge < -0.3 is 5.73 Å². The van der Waals surface area contributed by atoms with Gasteiger partial charge in [-0.2, -0.15) is 0 Å². The van der Waals surface area contributed by atoms with E-state index in [1.165, 1.54) is 22.4 Å². The van der Waals surface area contributed by atoms with E-state index in [9.17, 15) is 0 Å². The van der Waals surface area contributed by atoms with E-state index in [4.69, 9.17) is 5.73 Å². The smallest absolute Gasteiger partial charge is 0.00792 e. The van der Waals surface area contributed by atoms with Gasteiger partial charge >= 0.3 is 0 Å². The lowest BCUT2D eigenvalue weighted by Gasteiger charge is -1.96. The third kappa shape index (κ3) is 2.20. The van der Waals surface area contributed by atoms with Gasteiger partial charge in [-0.15, -0.1) is 11.3 Å². The van der Waals surface area contributed by atoms with Gasteiger partial charge in [0.15, 0.2) is 0 Å². The minimum absolute atomic E-state index is 0.408. The molecule has 0 saturated heterocycles. The highest BCUT2D eigenvalue weighted by molar-refractivity contribution is 7.10. The molecule has 0 aromatic carbocycles. The second kappa shape index (κ2) is 3.64. The second-order valence-corrected chi connectivity index (χ2v) is 4.91. The van der Waals surface area contributed by atoms with Crippen LogP contribution < -0.4 is 5.73 Å². The van der Waals surface area contributed by atoms with Crippen LogP contribution in [0.3, 0.4) is 0 Å². The lowest BCUT2D eigenvalue weighted by molar-refractivity contribution is 0.711. The maximum absolute atomic E-state index is 5.85. The molecule has 1 unspecified atom stereocenters. The Morgan fingerprint density at radius 2 is 2.46 bits per heavy atom. The Kier molecular flexibility index (Phi) is 2.51. The highest BCUT2D eigenvalue weighted by Crippen LogP contribution is 2.26. The topological polar surface area (TPSA) is 26.0 Å². The molecular weight excluding hydrogens is 178 g/mol. The summed E-state index contributed by atoms with van der Waals surface area (Å²) in [6, 6.07) is 2.65. The first kappa shape index (κ1) is 8.97. The SMILES string of the molecule is Cc1cc(/C=C2/CCC(N)C2)cs1. The van der Waals surface area contributed by atoms with Crippen LogP contribution >= 0.6 is 11.3 Å². The molecule has 1 aromatic heterocycles. The van der Waals surface area contributed by atoms with Crippen LogP contribution in [-0.4, -0.2) is 6.04 Å². The number of hydrogen-bond acceptors (Lipinski definition) is 2. The number of aryl methyl sites for hydroxylation is 1. The summed E-state index contributed by atoms with van der Waals surface area (Å²) in [5.74, 6) is 0. The molecule has 2 rings (SSSR count). The van der Waals surface area contributed by atoms with E-state index >= 15 is 0 Å². The Labute approximate surface area is 83.3 Å². The summed E-state index contributed by atoms with van der Waals surface area (Å²) in [7, 11) is 0. The van der Waals surface area contributed by atoms with E-state index in [0.29, 0.717) is 6.04 Å². The molecule has 0 spiro atoms. The van der Waals surface area contributed by atoms with Crippen LogP contribution in [0.5, 0.6) is 0 Å². The van der Waals surface area contributed by atoms with E-state index in [1.807, 2.05) is 11.3 Å². The zero-order valence-electron chi connectivity index (χ0n) is 7.92. The Morgan fingerprint density at radius 3 is 3.00 bits per heavy atom. The highest BCUT2D eigenvalue weighted by Gasteiger charge is 2.14. The Bertz CT molecular complexity index is 325. The van der Waals surface area contributed by atoms with E-state index in [-0.39, 0.29) is 0 Å². The van der Waals surface area contributed by atoms with Gasteiger partial charge in [0.05, 0.1) is 0 Å². The fourth-order valence-electron chi connectivity index (χ4n) is 1.82. The molecule has 0 amide bonds. The summed E-state index contributed by atoms with van der Waals surface area (Å²) < 4.78 is 0. The molecule has 1 fully saturated rings. The van der Waals surface area contributed by atoms with Crippen molar-refractivity contribution in [1.29, 1.82) is 0 Å². The van der Waals surface area contributed by atoms with Crippen LogP contribution in [0.25, 0.3) is 6.08 Å². The van der Waals surface area contributed by atoms with E-state index in [1.54, 1.807) is 0 Å². The van der Waals surface area contributed by atoms with Gasteiger partial charge in [-0.3, -0.25) is 0 Å². The van der Waals surface area contributed by atoms with Gasteiger partial charge in [0.2, 0.25) is 0 Å². The molecule has 0 bridgehead atoms. The highest BCUT2D eigenvalue weighted by atomic mass is 32.1. The maximum atomic E-state index is 5.85. The first-order valence-electron chi connectivity index (χ1n) is 4.74. The van der Waals surface area contributed by atoms with Gasteiger partial charge in [0, 0.05) is 10.9 Å². The number of hydrogen-bond donors (Lipinski definition) is 1. The zero-order valence-corrected chi connectivity index (χ0v) is 8.73. The monoisotopic (exact) mass is 193 g/mol. The maximum Gasteiger partial charge on any atom is 0.00792 e. The molecule has 1 atom stereocenters. The largest absolute Gasteiger partial charge is 0.327 e. The predicted molar refractivity (Wildman–Crippen MR) is 58.9 cm³/mol. The van der Waals surface area contributed by atoms with Crippen molar-refractivity contribution >= 4 is 17.4 Å². The lowest BCUT2D eigenvalue weighted by Crippen LogP contribution is -2.13. The van der Waals surface area contributed by atoms with E-state index in [0.717, 1.165) is 12.8 Å². The molecule has 0 aliphatic heterocycles. The van der Waals surface area contributed by atoms with Crippen molar-refractivity contribution < 1.29 is 0 Å². The third-order valence-corrected chi connectivity index (χ3v) is 3.36. The predicted octanol–water partition coefficient (Wildman–Crippen LogP) is 2.95. The van der Waals surface area contributed by atoms with Crippen molar-refractivity contribution in [2.24, 2.45) is 5.73 Å². The van der Waals surface area contributed by atoms with Crippen molar-refractivity contribution in [2.75, 3.05) is 0 Å². The van der Waals surface area contributed by atoms with E-state index < -0.39 is 0 Å². The molecular formula is C11H15NS. The van der Waals surface area contributed by atoms with Crippen LogP contribution in [-0.2, 0) is 0 Å². The number of thiophene rings is 1.